The molecule has 1 unspecified atom stereocenters. The Hall–Kier alpha value is -1.92. The van der Waals surface area contributed by atoms with E-state index in [-0.39, 0.29) is 6.10 Å². The first-order chi connectivity index (χ1) is 10.6. The third-order valence-electron chi connectivity index (χ3n) is 3.62. The van der Waals surface area contributed by atoms with Gasteiger partial charge in [0, 0.05) is 18.8 Å². The lowest BCUT2D eigenvalue weighted by molar-refractivity contribution is -0.138. The molecule has 0 aliphatic carbocycles. The third-order valence-corrected chi connectivity index (χ3v) is 3.62. The zero-order valence-electron chi connectivity index (χ0n) is 12.6. The highest BCUT2D eigenvalue weighted by Gasteiger charge is 2.19. The zero-order valence-corrected chi connectivity index (χ0v) is 12.6. The number of aliphatic carboxylic acids is 1. The van der Waals surface area contributed by atoms with Crippen molar-refractivity contribution in [1.29, 1.82) is 0 Å². The summed E-state index contributed by atoms with van der Waals surface area (Å²) in [5.41, 5.74) is 1.20. The van der Waals surface area contributed by atoms with Gasteiger partial charge in [0.25, 0.3) is 5.91 Å². The molecule has 2 N–H and O–H groups in total. The second kappa shape index (κ2) is 7.91. The van der Waals surface area contributed by atoms with Crippen LogP contribution in [-0.2, 0) is 20.9 Å². The fourth-order valence-corrected chi connectivity index (χ4v) is 2.25. The summed E-state index contributed by atoms with van der Waals surface area (Å²) in [6, 6.07) is 6.14. The Bertz CT molecular complexity index is 525. The van der Waals surface area contributed by atoms with Gasteiger partial charge in [0.1, 0.15) is 6.04 Å². The lowest BCUT2D eigenvalue weighted by Crippen LogP contribution is -2.38. The number of carbonyl (C=O) groups is 2. The van der Waals surface area contributed by atoms with Crippen LogP contribution in [0.5, 0.6) is 0 Å². The molecule has 1 amide bonds. The van der Waals surface area contributed by atoms with Crippen LogP contribution in [0.25, 0.3) is 0 Å². The molecule has 0 radical (unpaired) electrons. The van der Waals surface area contributed by atoms with Gasteiger partial charge in [-0.05, 0) is 31.4 Å². The van der Waals surface area contributed by atoms with Gasteiger partial charge < -0.3 is 19.9 Å². The van der Waals surface area contributed by atoms with Gasteiger partial charge in [0.05, 0.1) is 12.7 Å². The van der Waals surface area contributed by atoms with Gasteiger partial charge >= 0.3 is 5.97 Å². The van der Waals surface area contributed by atoms with Crippen LogP contribution in [0.3, 0.4) is 0 Å². The van der Waals surface area contributed by atoms with Crippen LogP contribution in [0, 0.1) is 0 Å². The molecule has 6 nitrogen and oxygen atoms in total. The standard InChI is InChI=1S/C16H21NO5/c1-11(16(19)20)17-15(18)14-5-3-2-4-12(14)10-22-13-6-8-21-9-7-13/h2-5,11,13H,6-10H2,1H3,(H,17,18)(H,19,20). The fraction of sp³-hybridized carbons (Fsp3) is 0.500. The highest BCUT2D eigenvalue weighted by atomic mass is 16.5. The molecule has 1 aromatic rings. The third kappa shape index (κ3) is 4.54. The molecule has 0 spiro atoms. The van der Waals surface area contributed by atoms with E-state index >= 15 is 0 Å². The monoisotopic (exact) mass is 307 g/mol. The largest absolute Gasteiger partial charge is 0.480 e. The smallest absolute Gasteiger partial charge is 0.325 e. The van der Waals surface area contributed by atoms with E-state index in [9.17, 15) is 9.59 Å². The number of carboxylic acid groups (broad SMARTS) is 1. The van der Waals surface area contributed by atoms with Gasteiger partial charge in [-0.1, -0.05) is 18.2 Å². The minimum Gasteiger partial charge on any atom is -0.480 e. The molecule has 1 saturated heterocycles. The topological polar surface area (TPSA) is 84.9 Å². The first-order valence-corrected chi connectivity index (χ1v) is 7.39. The summed E-state index contributed by atoms with van der Waals surface area (Å²) >= 11 is 0. The number of hydrogen-bond acceptors (Lipinski definition) is 4. The Morgan fingerprint density at radius 3 is 2.73 bits per heavy atom. The normalized spacial score (nSPS) is 17.0. The Labute approximate surface area is 129 Å². The van der Waals surface area contributed by atoms with Crippen molar-refractivity contribution in [3.8, 4) is 0 Å². The number of hydrogen-bond donors (Lipinski definition) is 2. The molecule has 22 heavy (non-hydrogen) atoms. The lowest BCUT2D eigenvalue weighted by atomic mass is 10.1. The quantitative estimate of drug-likeness (QED) is 0.833. The number of carbonyl (C=O) groups excluding carboxylic acids is 1. The number of carboxylic acids is 1. The van der Waals surface area contributed by atoms with Gasteiger partial charge in [0.15, 0.2) is 0 Å². The van der Waals surface area contributed by atoms with E-state index in [4.69, 9.17) is 14.6 Å². The number of rotatable bonds is 6. The van der Waals surface area contributed by atoms with E-state index < -0.39 is 17.9 Å². The Morgan fingerprint density at radius 1 is 1.36 bits per heavy atom. The minimum absolute atomic E-state index is 0.141. The van der Waals surface area contributed by atoms with Crippen LogP contribution in [-0.4, -0.2) is 42.3 Å². The highest BCUT2D eigenvalue weighted by Crippen LogP contribution is 2.16. The Kier molecular flexibility index (Phi) is 5.91. The van der Waals surface area contributed by atoms with E-state index in [0.29, 0.717) is 25.4 Å². The van der Waals surface area contributed by atoms with Crippen molar-refractivity contribution in [3.63, 3.8) is 0 Å². The van der Waals surface area contributed by atoms with E-state index in [1.807, 2.05) is 12.1 Å². The Morgan fingerprint density at radius 2 is 2.05 bits per heavy atom. The van der Waals surface area contributed by atoms with Crippen molar-refractivity contribution in [2.75, 3.05) is 13.2 Å². The summed E-state index contributed by atoms with van der Waals surface area (Å²) in [7, 11) is 0. The molecule has 0 bridgehead atoms. The minimum atomic E-state index is -1.07. The summed E-state index contributed by atoms with van der Waals surface area (Å²) in [5.74, 6) is -1.47. The molecular weight excluding hydrogens is 286 g/mol. The molecule has 0 aromatic heterocycles. The predicted octanol–water partition coefficient (Wildman–Crippen LogP) is 1.59. The molecule has 1 aliphatic heterocycles. The molecular formula is C16H21NO5. The average Bonchev–Trinajstić information content (AvgIpc) is 2.54. The molecule has 1 heterocycles. The maximum Gasteiger partial charge on any atom is 0.325 e. The van der Waals surface area contributed by atoms with Gasteiger partial charge in [0.2, 0.25) is 0 Å². The molecule has 1 fully saturated rings. The fourth-order valence-electron chi connectivity index (χ4n) is 2.25. The summed E-state index contributed by atoms with van der Waals surface area (Å²) in [5, 5.41) is 11.3. The van der Waals surface area contributed by atoms with Crippen LogP contribution in [0.15, 0.2) is 24.3 Å². The van der Waals surface area contributed by atoms with E-state index in [1.54, 1.807) is 12.1 Å². The van der Waals surface area contributed by atoms with Crippen molar-refractivity contribution < 1.29 is 24.2 Å². The Balaban J connectivity index is 1.99. The van der Waals surface area contributed by atoms with Crippen molar-refractivity contribution in [2.45, 2.75) is 38.5 Å². The van der Waals surface area contributed by atoms with Crippen LogP contribution in [0.1, 0.15) is 35.7 Å². The first-order valence-electron chi connectivity index (χ1n) is 7.39. The van der Waals surface area contributed by atoms with Gasteiger partial charge in [-0.2, -0.15) is 0 Å². The SMILES string of the molecule is CC(NC(=O)c1ccccc1COC1CCOCC1)C(=O)O. The first kappa shape index (κ1) is 16.5. The zero-order chi connectivity index (χ0) is 15.9. The molecule has 1 atom stereocenters. The second-order valence-corrected chi connectivity index (χ2v) is 5.31. The number of nitrogens with one attached hydrogen (secondary N) is 1. The molecule has 1 aromatic carbocycles. The van der Waals surface area contributed by atoms with Crippen molar-refractivity contribution in [3.05, 3.63) is 35.4 Å². The average molecular weight is 307 g/mol. The van der Waals surface area contributed by atoms with E-state index in [2.05, 4.69) is 5.32 Å². The van der Waals surface area contributed by atoms with Crippen LogP contribution >= 0.6 is 0 Å². The molecule has 120 valence electrons. The van der Waals surface area contributed by atoms with Crippen LogP contribution in [0.2, 0.25) is 0 Å². The number of ether oxygens (including phenoxy) is 2. The van der Waals surface area contributed by atoms with Gasteiger partial charge in [-0.3, -0.25) is 9.59 Å². The predicted molar refractivity (Wildman–Crippen MR) is 79.6 cm³/mol. The van der Waals surface area contributed by atoms with Crippen molar-refractivity contribution >= 4 is 11.9 Å². The molecule has 2 rings (SSSR count). The lowest BCUT2D eigenvalue weighted by Gasteiger charge is -2.23. The summed E-state index contributed by atoms with van der Waals surface area (Å²) < 4.78 is 11.1. The van der Waals surface area contributed by atoms with Crippen LogP contribution in [0.4, 0.5) is 0 Å². The van der Waals surface area contributed by atoms with Crippen LogP contribution < -0.4 is 5.32 Å². The summed E-state index contributed by atoms with van der Waals surface area (Å²) in [4.78, 5) is 23.0. The van der Waals surface area contributed by atoms with Gasteiger partial charge in [-0.25, -0.2) is 0 Å². The maximum atomic E-state index is 12.2. The van der Waals surface area contributed by atoms with E-state index in [0.717, 1.165) is 18.4 Å². The molecule has 6 heteroatoms. The highest BCUT2D eigenvalue weighted by molar-refractivity contribution is 5.97. The number of benzene rings is 1. The maximum absolute atomic E-state index is 12.2. The summed E-state index contributed by atoms with van der Waals surface area (Å²) in [6.07, 6.45) is 1.84. The van der Waals surface area contributed by atoms with Crippen molar-refractivity contribution in [2.24, 2.45) is 0 Å². The van der Waals surface area contributed by atoms with E-state index in [1.165, 1.54) is 6.92 Å². The summed E-state index contributed by atoms with van der Waals surface area (Å²) in [6.45, 7) is 3.16. The number of amides is 1. The van der Waals surface area contributed by atoms with Crippen molar-refractivity contribution in [1.82, 2.24) is 5.32 Å². The second-order valence-electron chi connectivity index (χ2n) is 5.31. The molecule has 0 saturated carbocycles. The molecule has 1 aliphatic rings. The van der Waals surface area contributed by atoms with Gasteiger partial charge in [-0.15, -0.1) is 0 Å².